The molecule has 1 N–H and O–H groups in total. The van der Waals surface area contributed by atoms with Crippen LogP contribution < -0.4 is 5.32 Å². The molecule has 2 aromatic rings. The molecule has 0 atom stereocenters. The van der Waals surface area contributed by atoms with Crippen molar-refractivity contribution in [2.75, 3.05) is 31.5 Å². The number of rotatable bonds is 2. The van der Waals surface area contributed by atoms with E-state index in [1.165, 1.54) is 0 Å². The monoisotopic (exact) mass is 376 g/mol. The third-order valence-corrected chi connectivity index (χ3v) is 6.97. The first kappa shape index (κ1) is 16.5. The summed E-state index contributed by atoms with van der Waals surface area (Å²) in [7, 11) is 0. The van der Waals surface area contributed by atoms with Crippen LogP contribution in [-0.2, 0) is 4.79 Å². The van der Waals surface area contributed by atoms with E-state index in [4.69, 9.17) is 9.41 Å². The Morgan fingerprint density at radius 2 is 1.71 bits per heavy atom. The lowest BCUT2D eigenvalue weighted by molar-refractivity contribution is -0.209. The molecule has 6 heteroatoms. The number of carbonyl (C=O) groups is 1. The molecule has 1 amide bonds. The molecule has 0 radical (unpaired) electrons. The Morgan fingerprint density at radius 3 is 2.36 bits per heavy atom. The number of para-hydroxylation sites is 1. The van der Waals surface area contributed by atoms with Gasteiger partial charge in [0.25, 0.3) is 5.91 Å². The van der Waals surface area contributed by atoms with Crippen LogP contribution in [0.3, 0.4) is 0 Å². The molecule has 6 heterocycles. The van der Waals surface area contributed by atoms with Gasteiger partial charge in [-0.05, 0) is 18.2 Å². The molecule has 28 heavy (non-hydrogen) atoms. The number of nitrogens with zero attached hydrogens (tertiary/aromatic N) is 3. The highest BCUT2D eigenvalue weighted by molar-refractivity contribution is 6.53. The summed E-state index contributed by atoms with van der Waals surface area (Å²) in [6.45, 7) is 8.53. The fraction of sp³-hybridized carbons (Fsp3) is 0.455. The summed E-state index contributed by atoms with van der Waals surface area (Å²) in [4.78, 5) is 22.9. The lowest BCUT2D eigenvalue weighted by atomic mass is 9.59. The second kappa shape index (κ2) is 5.33. The smallest absolute Gasteiger partial charge is 0.274 e. The van der Waals surface area contributed by atoms with Crippen LogP contribution in [0.4, 0.5) is 5.69 Å². The topological polar surface area (TPSA) is 61.1 Å². The SMILES string of the molecule is CC12CN3CC(C)(CN(C1)C3c1ccco1)C2N=C1C(=O)Nc2ccccc21. The minimum atomic E-state index is -0.0729. The minimum absolute atomic E-state index is 0.0131. The van der Waals surface area contributed by atoms with E-state index in [1.807, 2.05) is 30.3 Å². The number of hydrogen-bond acceptors (Lipinski definition) is 5. The standard InChI is InChI=1S/C22H24N4O2/c1-21-10-25-12-22(2,13-26(11-21)19(25)16-8-5-9-28-16)20(21)24-17-14-6-3-4-7-15(14)23-18(17)27/h3-9,19-20H,10-13H2,1-2H3,(H,23,24,27). The van der Waals surface area contributed by atoms with Gasteiger partial charge >= 0.3 is 0 Å². The summed E-state index contributed by atoms with van der Waals surface area (Å²) in [6.07, 6.45) is 1.98. The van der Waals surface area contributed by atoms with Gasteiger partial charge in [-0.25, -0.2) is 0 Å². The number of hydrogen-bond donors (Lipinski definition) is 1. The molecule has 1 aromatic heterocycles. The molecule has 4 fully saturated rings. The third kappa shape index (κ3) is 2.10. The molecule has 0 saturated carbocycles. The maximum atomic E-state index is 12.6. The number of benzene rings is 1. The normalized spacial score (nSPS) is 42.1. The lowest BCUT2D eigenvalue weighted by Gasteiger charge is -2.68. The molecule has 1 aromatic carbocycles. The van der Waals surface area contributed by atoms with E-state index in [1.54, 1.807) is 6.26 Å². The quantitative estimate of drug-likeness (QED) is 0.876. The molecular formula is C22H24N4O2. The Bertz CT molecular complexity index is 958. The van der Waals surface area contributed by atoms with Gasteiger partial charge in [0, 0.05) is 42.6 Å². The van der Waals surface area contributed by atoms with Gasteiger partial charge in [-0.2, -0.15) is 0 Å². The number of fused-ring (bicyclic) bond motifs is 1. The van der Waals surface area contributed by atoms with Crippen LogP contribution >= 0.6 is 0 Å². The zero-order valence-corrected chi connectivity index (χ0v) is 16.2. The Hall–Kier alpha value is -2.44. The number of furan rings is 1. The number of amides is 1. The first-order valence-electron chi connectivity index (χ1n) is 9.97. The molecule has 7 rings (SSSR count). The molecule has 144 valence electrons. The van der Waals surface area contributed by atoms with Crippen molar-refractivity contribution in [2.24, 2.45) is 15.8 Å². The molecule has 5 aliphatic heterocycles. The Labute approximate surface area is 164 Å². The predicted molar refractivity (Wildman–Crippen MR) is 106 cm³/mol. The first-order valence-corrected chi connectivity index (χ1v) is 9.97. The Kier molecular flexibility index (Phi) is 3.14. The van der Waals surface area contributed by atoms with E-state index in [0.717, 1.165) is 43.2 Å². The van der Waals surface area contributed by atoms with Crippen LogP contribution in [0.15, 0.2) is 52.1 Å². The van der Waals surface area contributed by atoms with E-state index < -0.39 is 0 Å². The molecule has 0 spiro atoms. The van der Waals surface area contributed by atoms with Gasteiger partial charge in [-0.1, -0.05) is 32.0 Å². The van der Waals surface area contributed by atoms with Crippen LogP contribution in [-0.4, -0.2) is 53.6 Å². The van der Waals surface area contributed by atoms with Gasteiger partial charge in [0.2, 0.25) is 0 Å². The van der Waals surface area contributed by atoms with Crippen molar-refractivity contribution in [3.8, 4) is 0 Å². The van der Waals surface area contributed by atoms with Gasteiger partial charge in [-0.3, -0.25) is 19.6 Å². The van der Waals surface area contributed by atoms with Crippen LogP contribution in [0.2, 0.25) is 0 Å². The highest BCUT2D eigenvalue weighted by Gasteiger charge is 2.63. The fourth-order valence-corrected chi connectivity index (χ4v) is 6.30. The summed E-state index contributed by atoms with van der Waals surface area (Å²) >= 11 is 0. The van der Waals surface area contributed by atoms with Crippen molar-refractivity contribution >= 4 is 17.3 Å². The van der Waals surface area contributed by atoms with Crippen LogP contribution in [0.25, 0.3) is 0 Å². The number of anilines is 1. The van der Waals surface area contributed by atoms with Gasteiger partial charge in [-0.15, -0.1) is 0 Å². The van der Waals surface area contributed by atoms with Crippen molar-refractivity contribution in [3.05, 3.63) is 54.0 Å². The average molecular weight is 376 g/mol. The third-order valence-electron chi connectivity index (χ3n) is 6.97. The summed E-state index contributed by atoms with van der Waals surface area (Å²) in [5, 5.41) is 2.97. The summed E-state index contributed by atoms with van der Waals surface area (Å²) in [5.41, 5.74) is 2.43. The maximum absolute atomic E-state index is 12.6. The fourth-order valence-electron chi connectivity index (χ4n) is 6.30. The molecular weight excluding hydrogens is 352 g/mol. The lowest BCUT2D eigenvalue weighted by Crippen LogP contribution is -2.76. The summed E-state index contributed by atoms with van der Waals surface area (Å²) in [5.74, 6) is 0.953. The molecule has 0 aliphatic carbocycles. The zero-order valence-electron chi connectivity index (χ0n) is 16.2. The summed E-state index contributed by atoms with van der Waals surface area (Å²) in [6, 6.07) is 12.0. The Morgan fingerprint density at radius 1 is 1.04 bits per heavy atom. The zero-order chi connectivity index (χ0) is 19.1. The highest BCUT2D eigenvalue weighted by atomic mass is 16.3. The minimum Gasteiger partial charge on any atom is -0.466 e. The van der Waals surface area contributed by atoms with Crippen LogP contribution in [0, 0.1) is 10.8 Å². The van der Waals surface area contributed by atoms with Crippen molar-refractivity contribution in [1.82, 2.24) is 9.80 Å². The first-order chi connectivity index (χ1) is 13.5. The second-order valence-electron chi connectivity index (χ2n) is 9.39. The van der Waals surface area contributed by atoms with Crippen molar-refractivity contribution in [2.45, 2.75) is 26.1 Å². The van der Waals surface area contributed by atoms with E-state index in [-0.39, 0.29) is 28.9 Å². The van der Waals surface area contributed by atoms with E-state index in [2.05, 4.69) is 35.0 Å². The maximum Gasteiger partial charge on any atom is 0.274 e. The van der Waals surface area contributed by atoms with Crippen LogP contribution in [0.5, 0.6) is 0 Å². The van der Waals surface area contributed by atoms with E-state index in [0.29, 0.717) is 5.71 Å². The van der Waals surface area contributed by atoms with E-state index >= 15 is 0 Å². The van der Waals surface area contributed by atoms with Gasteiger partial charge in [0.15, 0.2) is 0 Å². The van der Waals surface area contributed by atoms with Crippen molar-refractivity contribution in [1.29, 1.82) is 0 Å². The van der Waals surface area contributed by atoms with E-state index in [9.17, 15) is 4.79 Å². The predicted octanol–water partition coefficient (Wildman–Crippen LogP) is 2.75. The second-order valence-corrected chi connectivity index (χ2v) is 9.39. The summed E-state index contributed by atoms with van der Waals surface area (Å²) < 4.78 is 5.75. The number of aliphatic imine (C=N–C) groups is 1. The van der Waals surface area contributed by atoms with Crippen molar-refractivity contribution in [3.63, 3.8) is 0 Å². The molecule has 6 nitrogen and oxygen atoms in total. The largest absolute Gasteiger partial charge is 0.466 e. The molecule has 5 aliphatic rings. The van der Waals surface area contributed by atoms with Crippen LogP contribution in [0.1, 0.15) is 31.3 Å². The molecule has 4 bridgehead atoms. The van der Waals surface area contributed by atoms with Gasteiger partial charge in [0.1, 0.15) is 17.6 Å². The van der Waals surface area contributed by atoms with Gasteiger partial charge in [0.05, 0.1) is 18.0 Å². The Balaban J connectivity index is 1.40. The average Bonchev–Trinajstić information content (AvgIpc) is 3.25. The number of carbonyl (C=O) groups excluding carboxylic acids is 1. The number of piperidine rings is 2. The van der Waals surface area contributed by atoms with Gasteiger partial charge < -0.3 is 9.73 Å². The van der Waals surface area contributed by atoms with Crippen molar-refractivity contribution < 1.29 is 9.21 Å². The molecule has 4 saturated heterocycles. The molecule has 0 unspecified atom stereocenters. The highest BCUT2D eigenvalue weighted by Crippen LogP contribution is 2.55. The number of nitrogens with one attached hydrogen (secondary N) is 1.